The third-order valence-electron chi connectivity index (χ3n) is 1.74. The number of nitrogen functional groups attached to an aromatic ring is 1. The Bertz CT molecular complexity index is 449. The number of halogens is 2. The van der Waals surface area contributed by atoms with Crippen LogP contribution in [0.25, 0.3) is 11.3 Å². The van der Waals surface area contributed by atoms with Gasteiger partial charge in [0, 0.05) is 9.85 Å². The van der Waals surface area contributed by atoms with Crippen molar-refractivity contribution in [3.8, 4) is 11.3 Å². The lowest BCUT2D eigenvalue weighted by Crippen LogP contribution is -1.87. The number of hydrogen-bond acceptors (Lipinski definition) is 3. The Kier molecular flexibility index (Phi) is 2.52. The highest BCUT2D eigenvalue weighted by Crippen LogP contribution is 2.31. The van der Waals surface area contributed by atoms with Gasteiger partial charge in [-0.15, -0.1) is 11.3 Å². The maximum atomic E-state index is 13.4. The van der Waals surface area contributed by atoms with Crippen LogP contribution < -0.4 is 5.73 Å². The summed E-state index contributed by atoms with van der Waals surface area (Å²) >= 11 is 4.57. The third kappa shape index (κ3) is 1.65. The summed E-state index contributed by atoms with van der Waals surface area (Å²) in [6.07, 6.45) is 0. The van der Waals surface area contributed by atoms with Crippen LogP contribution in [-0.4, -0.2) is 4.98 Å². The molecule has 1 heterocycles. The zero-order valence-corrected chi connectivity index (χ0v) is 9.40. The van der Waals surface area contributed by atoms with Crippen LogP contribution in [0.15, 0.2) is 28.1 Å². The van der Waals surface area contributed by atoms with Crippen LogP contribution in [0.2, 0.25) is 0 Å². The first-order chi connectivity index (χ1) is 6.68. The van der Waals surface area contributed by atoms with Crippen molar-refractivity contribution in [1.29, 1.82) is 0 Å². The number of nitrogens with zero attached hydrogens (tertiary/aromatic N) is 1. The van der Waals surface area contributed by atoms with E-state index >= 15 is 0 Å². The lowest BCUT2D eigenvalue weighted by molar-refractivity contribution is 0.630. The number of rotatable bonds is 1. The van der Waals surface area contributed by atoms with Crippen molar-refractivity contribution in [3.63, 3.8) is 0 Å². The molecule has 0 aliphatic rings. The first-order valence-electron chi connectivity index (χ1n) is 3.84. The Morgan fingerprint density at radius 1 is 1.43 bits per heavy atom. The van der Waals surface area contributed by atoms with Gasteiger partial charge in [0.1, 0.15) is 5.82 Å². The summed E-state index contributed by atoms with van der Waals surface area (Å²) in [5, 5.41) is 2.17. The molecule has 0 unspecified atom stereocenters. The molecule has 0 fully saturated rings. The number of hydrogen-bond donors (Lipinski definition) is 1. The Labute approximate surface area is 92.7 Å². The summed E-state index contributed by atoms with van der Waals surface area (Å²) < 4.78 is 14.1. The van der Waals surface area contributed by atoms with Crippen molar-refractivity contribution in [1.82, 2.24) is 4.98 Å². The van der Waals surface area contributed by atoms with E-state index in [4.69, 9.17) is 5.73 Å². The highest BCUT2D eigenvalue weighted by Gasteiger charge is 2.11. The van der Waals surface area contributed by atoms with Gasteiger partial charge in [0.25, 0.3) is 0 Å². The normalized spacial score (nSPS) is 10.4. The van der Waals surface area contributed by atoms with Gasteiger partial charge in [0.15, 0.2) is 5.13 Å². The monoisotopic (exact) mass is 272 g/mol. The fraction of sp³-hybridized carbons (Fsp3) is 0. The molecule has 0 spiro atoms. The predicted octanol–water partition coefficient (Wildman–Crippen LogP) is 3.29. The number of thiazole rings is 1. The van der Waals surface area contributed by atoms with Crippen LogP contribution in [-0.2, 0) is 0 Å². The molecule has 2 nitrogen and oxygen atoms in total. The fourth-order valence-corrected chi connectivity index (χ4v) is 2.24. The van der Waals surface area contributed by atoms with Gasteiger partial charge < -0.3 is 5.73 Å². The smallest absolute Gasteiger partial charge is 0.180 e. The second-order valence-corrected chi connectivity index (χ2v) is 4.41. The molecule has 2 aromatic rings. The van der Waals surface area contributed by atoms with Gasteiger partial charge in [0.2, 0.25) is 0 Å². The molecule has 5 heteroatoms. The summed E-state index contributed by atoms with van der Waals surface area (Å²) in [4.78, 5) is 4.03. The van der Waals surface area contributed by atoms with E-state index in [1.165, 1.54) is 17.4 Å². The molecule has 2 N–H and O–H groups in total. The zero-order valence-electron chi connectivity index (χ0n) is 7.00. The number of benzene rings is 1. The molecular weight excluding hydrogens is 267 g/mol. The summed E-state index contributed by atoms with van der Waals surface area (Å²) in [6, 6.07) is 4.81. The zero-order chi connectivity index (χ0) is 10.1. The molecule has 0 atom stereocenters. The average molecular weight is 273 g/mol. The van der Waals surface area contributed by atoms with Crippen molar-refractivity contribution < 1.29 is 4.39 Å². The molecule has 1 aromatic carbocycles. The molecule has 0 saturated carbocycles. The third-order valence-corrected chi connectivity index (χ3v) is 3.08. The van der Waals surface area contributed by atoms with E-state index in [-0.39, 0.29) is 5.82 Å². The van der Waals surface area contributed by atoms with E-state index in [0.29, 0.717) is 20.9 Å². The van der Waals surface area contributed by atoms with Crippen molar-refractivity contribution in [2.75, 3.05) is 5.73 Å². The van der Waals surface area contributed by atoms with Crippen molar-refractivity contribution in [3.05, 3.63) is 33.9 Å². The maximum absolute atomic E-state index is 13.4. The Balaban J connectivity index is 2.61. The number of aromatic nitrogens is 1. The van der Waals surface area contributed by atoms with Gasteiger partial charge in [-0.1, -0.05) is 6.07 Å². The summed E-state index contributed by atoms with van der Waals surface area (Å²) in [7, 11) is 0. The van der Waals surface area contributed by atoms with E-state index < -0.39 is 0 Å². The highest BCUT2D eigenvalue weighted by molar-refractivity contribution is 9.10. The van der Waals surface area contributed by atoms with Gasteiger partial charge in [0.05, 0.1) is 11.3 Å². The Morgan fingerprint density at radius 2 is 2.21 bits per heavy atom. The minimum absolute atomic E-state index is 0.301. The SMILES string of the molecule is Nc1nc(-c2c(F)cccc2Br)cs1. The summed E-state index contributed by atoms with van der Waals surface area (Å²) in [5.74, 6) is -0.301. The molecule has 0 radical (unpaired) electrons. The van der Waals surface area contributed by atoms with Crippen LogP contribution in [0.4, 0.5) is 9.52 Å². The van der Waals surface area contributed by atoms with Crippen LogP contribution in [0.3, 0.4) is 0 Å². The van der Waals surface area contributed by atoms with Crippen molar-refractivity contribution >= 4 is 32.4 Å². The second kappa shape index (κ2) is 3.67. The van der Waals surface area contributed by atoms with Crippen LogP contribution in [0, 0.1) is 5.82 Å². The minimum atomic E-state index is -0.301. The van der Waals surface area contributed by atoms with Gasteiger partial charge in [-0.2, -0.15) is 0 Å². The topological polar surface area (TPSA) is 38.9 Å². The number of anilines is 1. The molecule has 0 bridgehead atoms. The Hall–Kier alpha value is -0.940. The van der Waals surface area contributed by atoms with Crippen molar-refractivity contribution in [2.45, 2.75) is 0 Å². The van der Waals surface area contributed by atoms with E-state index in [2.05, 4.69) is 20.9 Å². The molecule has 72 valence electrons. The minimum Gasteiger partial charge on any atom is -0.375 e. The molecule has 0 saturated heterocycles. The largest absolute Gasteiger partial charge is 0.375 e. The lowest BCUT2D eigenvalue weighted by Gasteiger charge is -2.01. The van der Waals surface area contributed by atoms with E-state index in [1.807, 2.05) is 0 Å². The van der Waals surface area contributed by atoms with Gasteiger partial charge in [-0.3, -0.25) is 0 Å². The molecule has 0 aliphatic heterocycles. The first kappa shape index (κ1) is 9.61. The summed E-state index contributed by atoms with van der Waals surface area (Å²) in [6.45, 7) is 0. The standard InChI is InChI=1S/C9H6BrFN2S/c10-5-2-1-3-6(11)8(5)7-4-14-9(12)13-7/h1-4H,(H2,12,13). The van der Waals surface area contributed by atoms with Crippen LogP contribution >= 0.6 is 27.3 Å². The van der Waals surface area contributed by atoms with Crippen LogP contribution in [0.1, 0.15) is 0 Å². The quantitative estimate of drug-likeness (QED) is 0.865. The maximum Gasteiger partial charge on any atom is 0.180 e. The highest BCUT2D eigenvalue weighted by atomic mass is 79.9. The van der Waals surface area contributed by atoms with E-state index in [0.717, 1.165) is 0 Å². The van der Waals surface area contributed by atoms with E-state index in [9.17, 15) is 4.39 Å². The molecule has 2 rings (SSSR count). The van der Waals surface area contributed by atoms with Crippen molar-refractivity contribution in [2.24, 2.45) is 0 Å². The van der Waals surface area contributed by atoms with E-state index in [1.54, 1.807) is 17.5 Å². The molecule has 0 amide bonds. The summed E-state index contributed by atoms with van der Waals surface area (Å²) in [5.41, 5.74) is 6.51. The van der Waals surface area contributed by atoms with Gasteiger partial charge in [-0.25, -0.2) is 9.37 Å². The lowest BCUT2D eigenvalue weighted by atomic mass is 10.2. The Morgan fingerprint density at radius 3 is 2.79 bits per heavy atom. The fourth-order valence-electron chi connectivity index (χ4n) is 1.14. The average Bonchev–Trinajstić information content (AvgIpc) is 2.51. The second-order valence-electron chi connectivity index (χ2n) is 2.67. The predicted molar refractivity (Wildman–Crippen MR) is 59.6 cm³/mol. The molecule has 1 aromatic heterocycles. The molecule has 14 heavy (non-hydrogen) atoms. The molecule has 0 aliphatic carbocycles. The molecular formula is C9H6BrFN2S. The number of nitrogens with two attached hydrogens (primary N) is 1. The first-order valence-corrected chi connectivity index (χ1v) is 5.51. The van der Waals surface area contributed by atoms with Gasteiger partial charge in [-0.05, 0) is 28.1 Å². The van der Waals surface area contributed by atoms with Gasteiger partial charge >= 0.3 is 0 Å². The van der Waals surface area contributed by atoms with Crippen LogP contribution in [0.5, 0.6) is 0 Å².